The van der Waals surface area contributed by atoms with Gasteiger partial charge in [-0.25, -0.2) is 0 Å². The molecule has 1 aliphatic rings. The molecule has 16 amide bonds. The number of benzene rings is 5. The Labute approximate surface area is 783 Å². The van der Waals surface area contributed by atoms with Crippen molar-refractivity contribution in [2.24, 2.45) is 29.2 Å². The van der Waals surface area contributed by atoms with Crippen LogP contribution in [0, 0.1) is 23.2 Å². The maximum absolute atomic E-state index is 15.4. The molecule has 0 spiro atoms. The minimum absolute atomic E-state index is 0.00547. The van der Waals surface area contributed by atoms with Crippen LogP contribution in [0.5, 0.6) is 5.75 Å². The maximum Gasteiger partial charge on any atom is 0.305 e. The number of phenolic OH excluding ortho intramolecular Hbond substituents is 1. The molecular formula is C92H122N20O22S. The Morgan fingerprint density at radius 1 is 0.481 bits per heavy atom. The number of fused-ring (bicyclic) bond motifs is 1. The summed E-state index contributed by atoms with van der Waals surface area (Å²) in [5.41, 5.74) is 14.6. The van der Waals surface area contributed by atoms with Crippen molar-refractivity contribution in [2.75, 3.05) is 51.8 Å². The van der Waals surface area contributed by atoms with Gasteiger partial charge >= 0.3 is 11.9 Å². The van der Waals surface area contributed by atoms with Crippen molar-refractivity contribution in [2.45, 2.75) is 191 Å². The van der Waals surface area contributed by atoms with Gasteiger partial charge in [0.05, 0.1) is 38.3 Å². The van der Waals surface area contributed by atoms with Gasteiger partial charge in [-0.3, -0.25) is 91.7 Å². The van der Waals surface area contributed by atoms with Gasteiger partial charge in [-0.15, -0.1) is 11.8 Å². The quantitative estimate of drug-likeness (QED) is 0.0162. The summed E-state index contributed by atoms with van der Waals surface area (Å²) in [6.07, 6.45) is -2.67. The molecular weight excluding hydrogens is 1770 g/mol. The van der Waals surface area contributed by atoms with Crippen LogP contribution in [-0.4, -0.2) is 278 Å². The van der Waals surface area contributed by atoms with Crippen molar-refractivity contribution < 1.29 is 107 Å². The number of para-hydroxylation sites is 1. The third-order valence-electron chi connectivity index (χ3n) is 21.8. The van der Waals surface area contributed by atoms with Crippen molar-refractivity contribution in [1.82, 2.24) is 89.2 Å². The van der Waals surface area contributed by atoms with E-state index < -0.39 is 260 Å². The summed E-state index contributed by atoms with van der Waals surface area (Å²) < 4.78 is 0. The molecule has 1 aliphatic heterocycles. The minimum Gasteiger partial charge on any atom is -0.508 e. The summed E-state index contributed by atoms with van der Waals surface area (Å²) in [5, 5.41) is 85.6. The number of rotatable bonds is 26. The van der Waals surface area contributed by atoms with Crippen LogP contribution in [0.3, 0.4) is 0 Å². The summed E-state index contributed by atoms with van der Waals surface area (Å²) in [6.45, 7) is 8.35. The van der Waals surface area contributed by atoms with Crippen molar-refractivity contribution in [3.05, 3.63) is 162 Å². The number of nitrogens with zero attached hydrogens (tertiary/aromatic N) is 2. The van der Waals surface area contributed by atoms with Gasteiger partial charge in [0.2, 0.25) is 94.5 Å². The van der Waals surface area contributed by atoms with E-state index in [0.717, 1.165) is 28.0 Å². The van der Waals surface area contributed by atoms with E-state index in [1.807, 2.05) is 30.3 Å². The van der Waals surface area contributed by atoms with Crippen molar-refractivity contribution in [3.8, 4) is 16.9 Å². The number of H-pyrrole nitrogens is 1. The first-order valence-electron chi connectivity index (χ1n) is 43.9. The van der Waals surface area contributed by atoms with Crippen LogP contribution in [0.1, 0.15) is 109 Å². The zero-order valence-corrected chi connectivity index (χ0v) is 77.2. The van der Waals surface area contributed by atoms with E-state index in [4.69, 9.17) is 16.9 Å². The maximum atomic E-state index is 15.4. The molecule has 0 saturated carbocycles. The molecule has 43 heteroatoms. The van der Waals surface area contributed by atoms with E-state index in [-0.39, 0.29) is 62.3 Å². The number of nitrogens with one attached hydrogen (secondary N) is 16. The number of amides is 16. The topological polar surface area (TPSA) is 655 Å². The number of aromatic hydroxyl groups is 1. The van der Waals surface area contributed by atoms with Gasteiger partial charge in [-0.2, -0.15) is 0 Å². The van der Waals surface area contributed by atoms with Crippen molar-refractivity contribution >= 4 is 135 Å². The van der Waals surface area contributed by atoms with Crippen LogP contribution in [0.2, 0.25) is 0 Å². The molecule has 135 heavy (non-hydrogen) atoms. The molecule has 728 valence electrons. The number of guanidine groups is 1. The number of phenols is 1. The fourth-order valence-corrected chi connectivity index (χ4v) is 15.5. The van der Waals surface area contributed by atoms with Crippen LogP contribution in [0.15, 0.2) is 140 Å². The first-order chi connectivity index (χ1) is 64.0. The Kier molecular flexibility index (Phi) is 41.9. The number of hydrogen-bond donors (Lipinski definition) is 22. The standard InChI is InChI=1S/C92H122N20O22S/c1-49(2)35-63-81(124)103-67(38-54-26-30-57(31-27-54)56-21-14-11-15-22-56)84(127)107-70(42-77(120)121)91(134)112(9)52(7)90(133)111(8)45-74(116)99-62(25-18-34-96-92(94)95)80(123)101-64(36-50(3)4)87(130)110-78(51(5)6)89(132)108-71(46-113)88(131)109-72(79(122)98-44-73(93)115)47-135-48-75(117)100-65(37-53-19-12-10-13-20-53)82(125)104-66(39-55-28-32-59(114)33-29-55)83(126)106-69(41-76(118)119)86(129)105-68(85(128)102-63)40-58-43-97-61-24-17-16-23-60(58)61/h10-17,19-24,26-33,43,49-52,62-72,78,97,113-114H,18,25,34-42,44-48H2,1-9H3,(H2,93,115)(H,98,122)(H,99,116)(H,100,117)(H,101,123)(H,102,128)(H,103,124)(H,104,125)(H,105,129)(H,106,126)(H,107,127)(H,108,132)(H,109,131)(H,110,130)(H,118,119)(H,120,121)(H4,94,95,96)/t52-,62-,63-,64-,65-,66-,67-,68-,69-,70-,71-,72-,78-/m0/s1. The average Bonchev–Trinajstić information content (AvgIpc) is 1.81. The predicted molar refractivity (Wildman–Crippen MR) is 497 cm³/mol. The molecule has 0 radical (unpaired) electrons. The van der Waals surface area contributed by atoms with Crippen molar-refractivity contribution in [1.29, 1.82) is 5.41 Å². The largest absolute Gasteiger partial charge is 0.508 e. The zero-order chi connectivity index (χ0) is 99.4. The molecule has 24 N–H and O–H groups in total. The fourth-order valence-electron chi connectivity index (χ4n) is 14.6. The number of likely N-dealkylation sites (N-methyl/N-ethyl adjacent to an activating group) is 2. The molecule has 1 fully saturated rings. The molecule has 6 aromatic rings. The Balaban J connectivity index is 1.32. The zero-order valence-electron chi connectivity index (χ0n) is 76.4. The average molecular weight is 1890 g/mol. The van der Waals surface area contributed by atoms with Gasteiger partial charge in [-0.1, -0.05) is 157 Å². The number of carboxylic acids is 2. The number of nitrogens with two attached hydrogens (primary N) is 2. The molecule has 5 aromatic carbocycles. The second-order valence-corrected chi connectivity index (χ2v) is 35.1. The molecule has 1 aromatic heterocycles. The summed E-state index contributed by atoms with van der Waals surface area (Å²) in [7, 11) is 2.29. The number of aliphatic hydroxyl groups is 1. The van der Waals surface area contributed by atoms with E-state index in [1.54, 1.807) is 107 Å². The summed E-state index contributed by atoms with van der Waals surface area (Å²) >= 11 is 0.699. The number of thioether (sulfide) groups is 1. The molecule has 1 saturated heterocycles. The molecule has 42 nitrogen and oxygen atoms in total. The van der Waals surface area contributed by atoms with E-state index in [2.05, 4.69) is 79.4 Å². The van der Waals surface area contributed by atoms with Gasteiger partial charge in [0.25, 0.3) is 0 Å². The monoisotopic (exact) mass is 1890 g/mol. The number of carbonyl (C=O) groups is 18. The van der Waals surface area contributed by atoms with Gasteiger partial charge in [0.15, 0.2) is 5.96 Å². The number of carboxylic acid groups (broad SMARTS) is 2. The number of aromatic amines is 1. The number of aliphatic carboxylic acids is 2. The molecule has 2 heterocycles. The molecule has 0 bridgehead atoms. The Morgan fingerprint density at radius 2 is 0.919 bits per heavy atom. The Morgan fingerprint density at radius 3 is 1.45 bits per heavy atom. The second kappa shape index (κ2) is 52.7. The highest BCUT2D eigenvalue weighted by Crippen LogP contribution is 2.24. The minimum atomic E-state index is -2.09. The lowest BCUT2D eigenvalue weighted by Crippen LogP contribution is -2.61. The first kappa shape index (κ1) is 108. The second-order valence-electron chi connectivity index (χ2n) is 34.1. The van der Waals surface area contributed by atoms with Crippen LogP contribution < -0.4 is 85.9 Å². The number of primary amides is 1. The summed E-state index contributed by atoms with van der Waals surface area (Å²) in [4.78, 5) is 263. The van der Waals surface area contributed by atoms with Crippen LogP contribution in [0.4, 0.5) is 0 Å². The molecule has 0 unspecified atom stereocenters. The van der Waals surface area contributed by atoms with Gasteiger partial charge < -0.3 is 121 Å². The number of aliphatic hydroxyl groups excluding tert-OH is 1. The van der Waals surface area contributed by atoms with Crippen LogP contribution >= 0.6 is 11.8 Å². The summed E-state index contributed by atoms with van der Waals surface area (Å²) in [5.74, 6) is -23.6. The van der Waals surface area contributed by atoms with Gasteiger partial charge in [-0.05, 0) is 102 Å². The highest BCUT2D eigenvalue weighted by atomic mass is 32.2. The first-order valence-corrected chi connectivity index (χ1v) is 45.0. The van der Waals surface area contributed by atoms with E-state index in [0.29, 0.717) is 39.4 Å². The Bertz CT molecular complexity index is 5180. The SMILES string of the molecule is CC(C)C[C@@H]1NC(=O)[C@H](Cc2c[nH]c3ccccc23)NC(=O)[C@H](CC(=O)O)NC(=O)[C@H](Cc2ccc(O)cc2)NC(=O)[C@H](Cc2ccccc2)NC(=O)CSC[C@@H](C(=O)NCC(N)=O)NC(=O)[C@H](CO)NC(=O)[C@H](C(C)C)NC(=O)[C@H](CC(C)C)NC(=O)[C@H](CCCNC(=N)N)NC(=O)CN(C)C(=O)[C@H](C)N(C)C(=O)[C@H](CC(=O)O)NC(=O)[C@H](Cc2ccc(-c3ccccc3)cc2)NC1=O. The predicted octanol–water partition coefficient (Wildman–Crippen LogP) is -1.76. The van der Waals surface area contributed by atoms with Crippen LogP contribution in [-0.2, 0) is 112 Å². The Hall–Kier alpha value is -14.5. The van der Waals surface area contributed by atoms with E-state index in [1.165, 1.54) is 58.3 Å². The van der Waals surface area contributed by atoms with E-state index in [9.17, 15) is 78.0 Å². The summed E-state index contributed by atoms with van der Waals surface area (Å²) in [6, 6.07) is 14.0. The molecule has 13 atom stereocenters. The lowest BCUT2D eigenvalue weighted by atomic mass is 9.98. The smallest absolute Gasteiger partial charge is 0.305 e. The lowest BCUT2D eigenvalue weighted by Gasteiger charge is -2.32. The van der Waals surface area contributed by atoms with Crippen molar-refractivity contribution in [3.63, 3.8) is 0 Å². The lowest BCUT2D eigenvalue weighted by molar-refractivity contribution is -0.148. The highest BCUT2D eigenvalue weighted by molar-refractivity contribution is 8.00. The van der Waals surface area contributed by atoms with Crippen LogP contribution in [0.25, 0.3) is 22.0 Å². The fraction of sp³-hybridized carbons (Fsp3) is 0.446. The number of aromatic nitrogens is 1. The molecule has 0 aliphatic carbocycles. The van der Waals surface area contributed by atoms with Gasteiger partial charge in [0.1, 0.15) is 84.3 Å². The third-order valence-corrected chi connectivity index (χ3v) is 22.9. The number of carbonyl (C=O) groups excluding carboxylic acids is 16. The van der Waals surface area contributed by atoms with E-state index >= 15 is 28.8 Å². The normalized spacial score (nSPS) is 22.5. The molecule has 7 rings (SSSR count). The number of hydrogen-bond acceptors (Lipinski definition) is 22. The third kappa shape index (κ3) is 34.9. The highest BCUT2D eigenvalue weighted by Gasteiger charge is 2.41. The van der Waals surface area contributed by atoms with Gasteiger partial charge in [0, 0.05) is 69.2 Å².